The van der Waals surface area contributed by atoms with E-state index in [0.717, 1.165) is 47.0 Å². The van der Waals surface area contributed by atoms with Crippen molar-refractivity contribution < 1.29 is 9.53 Å². The summed E-state index contributed by atoms with van der Waals surface area (Å²) in [6.07, 6.45) is 0. The van der Waals surface area contributed by atoms with Gasteiger partial charge >= 0.3 is 0 Å². The second kappa shape index (κ2) is 10.1. The molecule has 2 heterocycles. The molecular weight excluding hydrogens is 460 g/mol. The fraction of sp³-hybridized carbons (Fsp3) is 0.290. The number of ether oxygens (including phenoxy) is 1. The molecule has 1 fully saturated rings. The van der Waals surface area contributed by atoms with E-state index in [4.69, 9.17) is 9.84 Å². The van der Waals surface area contributed by atoms with Gasteiger partial charge in [0, 0.05) is 37.4 Å². The molecule has 0 radical (unpaired) electrons. The topological polar surface area (TPSA) is 50.6 Å². The Bertz CT molecular complexity index is 1430. The number of carbonyl (C=O) groups is 1. The molecular formula is C31H34N4O2. The molecule has 190 valence electrons. The Morgan fingerprint density at radius 2 is 1.51 bits per heavy atom. The molecule has 1 saturated heterocycles. The molecule has 5 rings (SSSR count). The summed E-state index contributed by atoms with van der Waals surface area (Å²) < 4.78 is 7.11. The van der Waals surface area contributed by atoms with Crippen molar-refractivity contribution in [1.82, 2.24) is 14.7 Å². The van der Waals surface area contributed by atoms with Crippen molar-refractivity contribution in [2.75, 3.05) is 38.2 Å². The average Bonchev–Trinajstić information content (AvgIpc) is 3.35. The fourth-order valence-electron chi connectivity index (χ4n) is 4.92. The van der Waals surface area contributed by atoms with Crippen molar-refractivity contribution in [3.05, 3.63) is 94.7 Å². The van der Waals surface area contributed by atoms with Gasteiger partial charge in [0.2, 0.25) is 0 Å². The minimum absolute atomic E-state index is 0.0111. The highest BCUT2D eigenvalue weighted by Gasteiger charge is 2.27. The summed E-state index contributed by atoms with van der Waals surface area (Å²) in [5, 5.41) is 4.95. The van der Waals surface area contributed by atoms with E-state index in [1.165, 1.54) is 16.7 Å². The third-order valence-corrected chi connectivity index (χ3v) is 7.32. The van der Waals surface area contributed by atoms with E-state index in [-0.39, 0.29) is 5.91 Å². The van der Waals surface area contributed by atoms with Crippen LogP contribution in [0.15, 0.2) is 66.7 Å². The number of piperazine rings is 1. The van der Waals surface area contributed by atoms with E-state index >= 15 is 0 Å². The maximum Gasteiger partial charge on any atom is 0.272 e. The van der Waals surface area contributed by atoms with Gasteiger partial charge in [-0.05, 0) is 86.8 Å². The molecule has 3 aromatic carbocycles. The first-order valence-corrected chi connectivity index (χ1v) is 12.8. The van der Waals surface area contributed by atoms with Crippen LogP contribution in [0, 0.1) is 27.7 Å². The SMILES string of the molecule is COc1ccc(N2CCN(C(=O)c3cc(-c4ccc(C)c(C)c4)nn3-c3ccc(C)cc3C)CC2)cc1. The molecule has 6 heteroatoms. The van der Waals surface area contributed by atoms with Crippen molar-refractivity contribution >= 4 is 11.6 Å². The number of aromatic nitrogens is 2. The molecule has 1 amide bonds. The summed E-state index contributed by atoms with van der Waals surface area (Å²) in [4.78, 5) is 18.2. The number of carbonyl (C=O) groups excluding carboxylic acids is 1. The summed E-state index contributed by atoms with van der Waals surface area (Å²) in [5.41, 5.74) is 9.22. The van der Waals surface area contributed by atoms with Gasteiger partial charge in [0.05, 0.1) is 18.5 Å². The highest BCUT2D eigenvalue weighted by Crippen LogP contribution is 2.27. The first-order chi connectivity index (χ1) is 17.8. The van der Waals surface area contributed by atoms with Crippen LogP contribution in [0.2, 0.25) is 0 Å². The number of nitrogens with zero attached hydrogens (tertiary/aromatic N) is 4. The first kappa shape index (κ1) is 24.6. The molecule has 6 nitrogen and oxygen atoms in total. The van der Waals surface area contributed by atoms with Crippen molar-refractivity contribution in [3.63, 3.8) is 0 Å². The van der Waals surface area contributed by atoms with Gasteiger partial charge in [0.15, 0.2) is 0 Å². The van der Waals surface area contributed by atoms with Crippen LogP contribution in [-0.2, 0) is 0 Å². The third kappa shape index (κ3) is 4.96. The van der Waals surface area contributed by atoms with E-state index in [1.54, 1.807) is 7.11 Å². The Balaban J connectivity index is 1.44. The van der Waals surface area contributed by atoms with Gasteiger partial charge in [-0.1, -0.05) is 29.8 Å². The fourth-order valence-corrected chi connectivity index (χ4v) is 4.92. The molecule has 0 N–H and O–H groups in total. The van der Waals surface area contributed by atoms with Crippen LogP contribution in [-0.4, -0.2) is 53.9 Å². The minimum atomic E-state index is 0.0111. The average molecular weight is 495 g/mol. The van der Waals surface area contributed by atoms with E-state index < -0.39 is 0 Å². The monoisotopic (exact) mass is 494 g/mol. The van der Waals surface area contributed by atoms with Gasteiger partial charge in [-0.15, -0.1) is 0 Å². The summed E-state index contributed by atoms with van der Waals surface area (Å²) in [5.74, 6) is 0.855. The summed E-state index contributed by atoms with van der Waals surface area (Å²) in [7, 11) is 1.67. The first-order valence-electron chi connectivity index (χ1n) is 12.8. The highest BCUT2D eigenvalue weighted by molar-refractivity contribution is 5.94. The second-order valence-corrected chi connectivity index (χ2v) is 9.89. The zero-order chi connectivity index (χ0) is 26.1. The molecule has 0 unspecified atom stereocenters. The summed E-state index contributed by atoms with van der Waals surface area (Å²) in [6, 6.07) is 22.6. The Kier molecular flexibility index (Phi) is 6.74. The Hall–Kier alpha value is -4.06. The smallest absolute Gasteiger partial charge is 0.272 e. The van der Waals surface area contributed by atoms with Crippen LogP contribution in [0.3, 0.4) is 0 Å². The zero-order valence-electron chi connectivity index (χ0n) is 22.3. The predicted octanol–water partition coefficient (Wildman–Crippen LogP) is 5.74. The molecule has 0 saturated carbocycles. The van der Waals surface area contributed by atoms with Gasteiger partial charge in [0.25, 0.3) is 5.91 Å². The molecule has 4 aromatic rings. The quantitative estimate of drug-likeness (QED) is 0.355. The lowest BCUT2D eigenvalue weighted by atomic mass is 10.0. The largest absolute Gasteiger partial charge is 0.497 e. The number of aryl methyl sites for hydroxylation is 4. The van der Waals surface area contributed by atoms with Gasteiger partial charge in [-0.2, -0.15) is 5.10 Å². The standard InChI is InChI=1S/C31H34N4O2/c1-21-6-13-29(24(4)18-21)35-30(20-28(32-35)25-8-7-22(2)23(3)19-25)31(36)34-16-14-33(15-17-34)26-9-11-27(37-5)12-10-26/h6-13,18-20H,14-17H2,1-5H3. The van der Waals surface area contributed by atoms with Crippen LogP contribution < -0.4 is 9.64 Å². The summed E-state index contributed by atoms with van der Waals surface area (Å²) in [6.45, 7) is 11.2. The van der Waals surface area contributed by atoms with E-state index in [2.05, 4.69) is 81.1 Å². The second-order valence-electron chi connectivity index (χ2n) is 9.89. The van der Waals surface area contributed by atoms with E-state index in [0.29, 0.717) is 18.8 Å². The highest BCUT2D eigenvalue weighted by atomic mass is 16.5. The van der Waals surface area contributed by atoms with Crippen molar-refractivity contribution in [3.8, 4) is 22.7 Å². The van der Waals surface area contributed by atoms with Crippen molar-refractivity contribution in [1.29, 1.82) is 0 Å². The van der Waals surface area contributed by atoms with E-state index in [1.807, 2.05) is 27.8 Å². The van der Waals surface area contributed by atoms with Gasteiger partial charge in [-0.25, -0.2) is 4.68 Å². The molecule has 0 atom stereocenters. The van der Waals surface area contributed by atoms with Crippen molar-refractivity contribution in [2.24, 2.45) is 0 Å². The van der Waals surface area contributed by atoms with Gasteiger partial charge in [-0.3, -0.25) is 4.79 Å². The van der Waals surface area contributed by atoms with Crippen LogP contribution in [0.4, 0.5) is 5.69 Å². The number of anilines is 1. The number of amides is 1. The van der Waals surface area contributed by atoms with Crippen LogP contribution in [0.25, 0.3) is 16.9 Å². The van der Waals surface area contributed by atoms with Crippen LogP contribution >= 0.6 is 0 Å². The molecule has 0 spiro atoms. The number of rotatable bonds is 5. The number of hydrogen-bond acceptors (Lipinski definition) is 4. The van der Waals surface area contributed by atoms with Gasteiger partial charge < -0.3 is 14.5 Å². The Labute approximate surface area is 219 Å². The molecule has 1 aromatic heterocycles. The van der Waals surface area contributed by atoms with E-state index in [9.17, 15) is 4.79 Å². The Morgan fingerprint density at radius 3 is 2.16 bits per heavy atom. The zero-order valence-corrected chi connectivity index (χ0v) is 22.3. The number of methoxy groups -OCH3 is 1. The lowest BCUT2D eigenvalue weighted by molar-refractivity contribution is 0.0737. The predicted molar refractivity (Wildman–Crippen MR) is 149 cm³/mol. The molecule has 37 heavy (non-hydrogen) atoms. The van der Waals surface area contributed by atoms with Crippen LogP contribution in [0.1, 0.15) is 32.7 Å². The number of benzene rings is 3. The maximum atomic E-state index is 13.9. The Morgan fingerprint density at radius 1 is 0.784 bits per heavy atom. The molecule has 0 aliphatic carbocycles. The number of hydrogen-bond donors (Lipinski definition) is 0. The van der Waals surface area contributed by atoms with Crippen molar-refractivity contribution in [2.45, 2.75) is 27.7 Å². The molecule has 1 aliphatic heterocycles. The summed E-state index contributed by atoms with van der Waals surface area (Å²) >= 11 is 0. The van der Waals surface area contributed by atoms with Crippen LogP contribution in [0.5, 0.6) is 5.75 Å². The minimum Gasteiger partial charge on any atom is -0.497 e. The van der Waals surface area contributed by atoms with Gasteiger partial charge in [0.1, 0.15) is 11.4 Å². The lowest BCUT2D eigenvalue weighted by Crippen LogP contribution is -2.49. The normalized spacial score (nSPS) is 13.6. The third-order valence-electron chi connectivity index (χ3n) is 7.32. The lowest BCUT2D eigenvalue weighted by Gasteiger charge is -2.36. The maximum absolute atomic E-state index is 13.9. The molecule has 0 bridgehead atoms. The molecule has 1 aliphatic rings.